The van der Waals surface area contributed by atoms with Crippen molar-refractivity contribution in [1.29, 1.82) is 0 Å². The van der Waals surface area contributed by atoms with Crippen molar-refractivity contribution in [2.45, 2.75) is 207 Å². The Balaban J connectivity index is 7.97. The Kier molecular flexibility index (Phi) is 14.8. The maximum atomic E-state index is 14.4. The maximum Gasteiger partial charge on any atom is 0.337 e. The highest BCUT2D eigenvalue weighted by molar-refractivity contribution is 6.83. The van der Waals surface area contributed by atoms with E-state index in [1.165, 1.54) is 0 Å². The standard InChI is InChI=1S/C36H74O6Si2/c1-21-23-25-39-29(37)27(41-43(31(3,4)5,32(6,7)8)33(9,10)11)28(30(38)40-26-24-22-2)42-44(34(12,13)14,35(15,16)17)36(18,19)20/h27-28H,21-26H2,1-20H3. The lowest BCUT2D eigenvalue weighted by atomic mass is 10.2. The largest absolute Gasteiger partial charge is 0.464 e. The van der Waals surface area contributed by atoms with Crippen LogP contribution in [-0.2, 0) is 27.9 Å². The molecular formula is C36H74O6Si2. The second kappa shape index (κ2) is 15.0. The molecule has 0 spiro atoms. The number of rotatable bonds is 13. The molecule has 0 rings (SSSR count). The molecule has 2 unspecified atom stereocenters. The molecule has 0 heterocycles. The fourth-order valence-electron chi connectivity index (χ4n) is 9.46. The quantitative estimate of drug-likeness (QED) is 0.111. The van der Waals surface area contributed by atoms with E-state index in [0.29, 0.717) is 0 Å². The lowest BCUT2D eigenvalue weighted by Gasteiger charge is -2.61. The van der Waals surface area contributed by atoms with Crippen LogP contribution < -0.4 is 0 Å². The van der Waals surface area contributed by atoms with Gasteiger partial charge in [-0.2, -0.15) is 0 Å². The van der Waals surface area contributed by atoms with E-state index in [1.54, 1.807) is 0 Å². The van der Waals surface area contributed by atoms with Crippen molar-refractivity contribution < 1.29 is 27.9 Å². The second-order valence-corrected chi connectivity index (χ2v) is 31.2. The summed E-state index contributed by atoms with van der Waals surface area (Å²) in [4.78, 5) is 28.8. The minimum Gasteiger partial charge on any atom is -0.464 e. The van der Waals surface area contributed by atoms with Crippen molar-refractivity contribution in [3.8, 4) is 0 Å². The van der Waals surface area contributed by atoms with Crippen LogP contribution in [0.25, 0.3) is 0 Å². The van der Waals surface area contributed by atoms with Gasteiger partial charge < -0.3 is 18.3 Å². The van der Waals surface area contributed by atoms with Gasteiger partial charge in [0.2, 0.25) is 16.6 Å². The number of carbonyl (C=O) groups is 2. The first-order valence-corrected chi connectivity index (χ1v) is 20.9. The van der Waals surface area contributed by atoms with Crippen LogP contribution in [0.1, 0.15) is 164 Å². The summed E-state index contributed by atoms with van der Waals surface area (Å²) < 4.78 is 26.8. The molecule has 0 radical (unpaired) electrons. The summed E-state index contributed by atoms with van der Waals surface area (Å²) in [7, 11) is -6.01. The van der Waals surface area contributed by atoms with Gasteiger partial charge in [-0.15, -0.1) is 0 Å². The Morgan fingerprint density at radius 2 is 0.659 bits per heavy atom. The number of carbonyl (C=O) groups excluding carboxylic acids is 2. The van der Waals surface area contributed by atoms with E-state index < -0.39 is 40.8 Å². The molecule has 0 aromatic carbocycles. The Labute approximate surface area is 275 Å². The van der Waals surface area contributed by atoms with Crippen LogP contribution in [0.15, 0.2) is 0 Å². The first-order chi connectivity index (χ1) is 19.4. The Morgan fingerprint density at radius 3 is 0.818 bits per heavy atom. The van der Waals surface area contributed by atoms with Crippen LogP contribution in [0.5, 0.6) is 0 Å². The van der Waals surface area contributed by atoms with Gasteiger partial charge in [0, 0.05) is 0 Å². The smallest absolute Gasteiger partial charge is 0.337 e. The zero-order valence-corrected chi connectivity index (χ0v) is 34.8. The van der Waals surface area contributed by atoms with Crippen molar-refractivity contribution in [2.75, 3.05) is 13.2 Å². The summed E-state index contributed by atoms with van der Waals surface area (Å²) in [6, 6.07) is 0. The molecule has 44 heavy (non-hydrogen) atoms. The van der Waals surface area contributed by atoms with E-state index >= 15 is 0 Å². The van der Waals surface area contributed by atoms with E-state index in [9.17, 15) is 9.59 Å². The third kappa shape index (κ3) is 9.22. The number of unbranched alkanes of at least 4 members (excludes halogenated alkanes) is 2. The summed E-state index contributed by atoms with van der Waals surface area (Å²) in [5.41, 5.74) is 0. The van der Waals surface area contributed by atoms with Gasteiger partial charge in [-0.1, -0.05) is 151 Å². The lowest BCUT2D eigenvalue weighted by molar-refractivity contribution is -0.171. The third-order valence-electron chi connectivity index (χ3n) is 9.17. The number of esters is 2. The predicted molar refractivity (Wildman–Crippen MR) is 191 cm³/mol. The van der Waals surface area contributed by atoms with Gasteiger partial charge in [0.1, 0.15) is 0 Å². The second-order valence-electron chi connectivity index (χ2n) is 19.0. The molecule has 0 fully saturated rings. The highest BCUT2D eigenvalue weighted by atomic mass is 28.4. The van der Waals surface area contributed by atoms with Gasteiger partial charge in [0.25, 0.3) is 0 Å². The molecule has 0 amide bonds. The summed E-state index contributed by atoms with van der Waals surface area (Å²) in [6.07, 6.45) is 0.715. The SMILES string of the molecule is CCCCOC(=O)C(O[Si](C(C)(C)C)(C(C)(C)C)C(C)(C)C)C(O[Si](C(C)(C)C)(C(C)(C)C)C(C)(C)C)C(=O)OCCCC. The fraction of sp³-hybridized carbons (Fsp3) is 0.944. The molecule has 0 aliphatic carbocycles. The zero-order valence-electron chi connectivity index (χ0n) is 32.8. The van der Waals surface area contributed by atoms with Gasteiger partial charge in [0.05, 0.1) is 13.2 Å². The van der Waals surface area contributed by atoms with Crippen LogP contribution in [-0.4, -0.2) is 54.0 Å². The van der Waals surface area contributed by atoms with Crippen LogP contribution in [0.4, 0.5) is 0 Å². The van der Waals surface area contributed by atoms with Crippen molar-refractivity contribution in [1.82, 2.24) is 0 Å². The van der Waals surface area contributed by atoms with Gasteiger partial charge in [-0.3, -0.25) is 0 Å². The topological polar surface area (TPSA) is 71.1 Å². The lowest BCUT2D eigenvalue weighted by Crippen LogP contribution is -2.68. The summed E-state index contributed by atoms with van der Waals surface area (Å²) in [6.45, 7) is 44.5. The minimum absolute atomic E-state index is 0.266. The third-order valence-corrected chi connectivity index (χ3v) is 23.1. The van der Waals surface area contributed by atoms with E-state index in [1.807, 2.05) is 0 Å². The number of hydrogen-bond donors (Lipinski definition) is 0. The Bertz CT molecular complexity index is 769. The summed E-state index contributed by atoms with van der Waals surface area (Å²) in [5, 5.41) is -1.78. The van der Waals surface area contributed by atoms with Crippen LogP contribution in [0.2, 0.25) is 30.2 Å². The van der Waals surface area contributed by atoms with Crippen LogP contribution in [0, 0.1) is 0 Å². The summed E-state index contributed by atoms with van der Waals surface area (Å²) in [5.74, 6) is -1.07. The molecule has 0 aromatic rings. The molecule has 8 heteroatoms. The highest BCUT2D eigenvalue weighted by Gasteiger charge is 2.67. The molecule has 262 valence electrons. The molecule has 0 aliphatic rings. The molecule has 0 saturated carbocycles. The van der Waals surface area contributed by atoms with Crippen molar-refractivity contribution in [3.63, 3.8) is 0 Å². The maximum absolute atomic E-state index is 14.4. The van der Waals surface area contributed by atoms with Crippen molar-refractivity contribution >= 4 is 28.6 Å². The van der Waals surface area contributed by atoms with Gasteiger partial charge in [-0.25, -0.2) is 9.59 Å². The first-order valence-electron chi connectivity index (χ1n) is 17.1. The Morgan fingerprint density at radius 1 is 0.455 bits per heavy atom. The minimum atomic E-state index is -3.01. The predicted octanol–water partition coefficient (Wildman–Crippen LogP) is 11.1. The zero-order chi connectivity index (χ0) is 35.4. The summed E-state index contributed by atoms with van der Waals surface area (Å²) >= 11 is 0. The van der Waals surface area contributed by atoms with Crippen LogP contribution in [0.3, 0.4) is 0 Å². The van der Waals surface area contributed by atoms with Gasteiger partial charge in [-0.05, 0) is 43.1 Å². The molecule has 0 aliphatic heterocycles. The normalized spacial score (nSPS) is 16.0. The van der Waals surface area contributed by atoms with E-state index in [0.717, 1.165) is 25.7 Å². The van der Waals surface area contributed by atoms with E-state index in [-0.39, 0.29) is 43.4 Å². The molecule has 6 nitrogen and oxygen atoms in total. The van der Waals surface area contributed by atoms with Gasteiger partial charge >= 0.3 is 11.9 Å². The molecule has 0 N–H and O–H groups in total. The molecular weight excluding hydrogens is 585 g/mol. The molecule has 0 aromatic heterocycles. The monoisotopic (exact) mass is 659 g/mol. The molecule has 0 bridgehead atoms. The Hall–Kier alpha value is -0.706. The number of hydrogen-bond acceptors (Lipinski definition) is 6. The van der Waals surface area contributed by atoms with Crippen LogP contribution >= 0.6 is 0 Å². The highest BCUT2D eigenvalue weighted by Crippen LogP contribution is 2.65. The average molecular weight is 659 g/mol. The fourth-order valence-corrected chi connectivity index (χ4v) is 26.3. The number of ether oxygens (including phenoxy) is 2. The van der Waals surface area contributed by atoms with Crippen molar-refractivity contribution in [3.05, 3.63) is 0 Å². The first kappa shape index (κ1) is 43.3. The average Bonchev–Trinajstić information content (AvgIpc) is 2.75. The van der Waals surface area contributed by atoms with E-state index in [2.05, 4.69) is 138 Å². The molecule has 2 atom stereocenters. The van der Waals surface area contributed by atoms with Gasteiger partial charge in [0.15, 0.2) is 12.2 Å². The van der Waals surface area contributed by atoms with E-state index in [4.69, 9.17) is 18.3 Å². The van der Waals surface area contributed by atoms with Crippen molar-refractivity contribution in [2.24, 2.45) is 0 Å². The molecule has 0 saturated heterocycles.